The number of hydrogen-bond acceptors (Lipinski definition) is 2. The molecule has 20 heavy (non-hydrogen) atoms. The van der Waals surface area contributed by atoms with Crippen LogP contribution in [0.3, 0.4) is 0 Å². The van der Waals surface area contributed by atoms with Gasteiger partial charge in [-0.25, -0.2) is 9.97 Å². The summed E-state index contributed by atoms with van der Waals surface area (Å²) in [7, 11) is 0. The van der Waals surface area contributed by atoms with Crippen LogP contribution in [0.4, 0.5) is 0 Å². The lowest BCUT2D eigenvalue weighted by atomic mass is 10.2. The molecule has 0 spiro atoms. The summed E-state index contributed by atoms with van der Waals surface area (Å²) in [6, 6.07) is 9.80. The normalized spacial score (nSPS) is 11.2. The fourth-order valence-corrected chi connectivity index (χ4v) is 2.73. The lowest BCUT2D eigenvalue weighted by molar-refractivity contribution is 0.966. The van der Waals surface area contributed by atoms with Crippen molar-refractivity contribution >= 4 is 34.4 Å². The summed E-state index contributed by atoms with van der Waals surface area (Å²) in [5.74, 6) is 1.05. The van der Waals surface area contributed by atoms with Gasteiger partial charge in [0.2, 0.25) is 0 Å². The van der Waals surface area contributed by atoms with Crippen molar-refractivity contribution in [2.45, 2.75) is 19.7 Å². The number of aryl methyl sites for hydroxylation is 2. The van der Waals surface area contributed by atoms with Crippen molar-refractivity contribution in [2.24, 2.45) is 0 Å². The second-order valence-electron chi connectivity index (χ2n) is 4.75. The zero-order valence-electron chi connectivity index (χ0n) is 11.2. The molecule has 0 N–H and O–H groups in total. The SMILES string of the molecule is Cc1ccc(-n2c(CCl)nc3ccc(C)nc32)c(Cl)c1. The number of alkyl halides is 1. The smallest absolute Gasteiger partial charge is 0.165 e. The van der Waals surface area contributed by atoms with Crippen molar-refractivity contribution in [3.05, 3.63) is 52.4 Å². The maximum atomic E-state index is 6.37. The van der Waals surface area contributed by atoms with Crippen LogP contribution < -0.4 is 0 Å². The Kier molecular flexibility index (Phi) is 3.40. The van der Waals surface area contributed by atoms with E-state index < -0.39 is 0 Å². The summed E-state index contributed by atoms with van der Waals surface area (Å²) in [5, 5.41) is 0.666. The minimum atomic E-state index is 0.305. The molecule has 2 heterocycles. The Bertz CT molecular complexity index is 793. The maximum absolute atomic E-state index is 6.37. The second-order valence-corrected chi connectivity index (χ2v) is 5.42. The van der Waals surface area contributed by atoms with Gasteiger partial charge in [0.15, 0.2) is 5.65 Å². The van der Waals surface area contributed by atoms with Crippen LogP contribution in [-0.4, -0.2) is 14.5 Å². The van der Waals surface area contributed by atoms with Crippen molar-refractivity contribution < 1.29 is 0 Å². The molecule has 1 aromatic carbocycles. The highest BCUT2D eigenvalue weighted by atomic mass is 35.5. The van der Waals surface area contributed by atoms with E-state index in [0.29, 0.717) is 10.9 Å². The molecule has 0 bridgehead atoms. The number of aromatic nitrogens is 3. The van der Waals surface area contributed by atoms with Crippen LogP contribution in [-0.2, 0) is 5.88 Å². The van der Waals surface area contributed by atoms with E-state index >= 15 is 0 Å². The minimum Gasteiger partial charge on any atom is -0.278 e. The molecular formula is C15H13Cl2N3. The predicted octanol–water partition coefficient (Wildman–Crippen LogP) is 4.43. The first-order chi connectivity index (χ1) is 9.60. The van der Waals surface area contributed by atoms with Crippen molar-refractivity contribution in [3.63, 3.8) is 0 Å². The first kappa shape index (κ1) is 13.4. The third kappa shape index (κ3) is 2.17. The standard InChI is InChI=1S/C15H13Cl2N3/c1-9-3-6-13(11(17)7-9)20-14(8-16)19-12-5-4-10(2)18-15(12)20/h3-7H,8H2,1-2H3. The molecule has 2 aromatic heterocycles. The van der Waals surface area contributed by atoms with Gasteiger partial charge in [-0.3, -0.25) is 4.57 Å². The van der Waals surface area contributed by atoms with E-state index in [4.69, 9.17) is 23.2 Å². The summed E-state index contributed by atoms with van der Waals surface area (Å²) in [6.45, 7) is 3.96. The molecule has 0 saturated heterocycles. The number of imidazole rings is 1. The zero-order valence-corrected chi connectivity index (χ0v) is 12.7. The van der Waals surface area contributed by atoms with E-state index in [0.717, 1.165) is 33.9 Å². The van der Waals surface area contributed by atoms with E-state index in [1.807, 2.05) is 48.7 Å². The van der Waals surface area contributed by atoms with Gasteiger partial charge >= 0.3 is 0 Å². The molecule has 3 rings (SSSR count). The van der Waals surface area contributed by atoms with Crippen molar-refractivity contribution in [1.29, 1.82) is 0 Å². The molecule has 0 fully saturated rings. The lowest BCUT2D eigenvalue weighted by Crippen LogP contribution is -2.01. The molecule has 0 amide bonds. The number of halogens is 2. The van der Waals surface area contributed by atoms with Gasteiger partial charge in [0, 0.05) is 5.69 Å². The number of rotatable bonds is 2. The van der Waals surface area contributed by atoms with Gasteiger partial charge in [-0.05, 0) is 43.7 Å². The third-order valence-corrected chi connectivity index (χ3v) is 3.72. The molecule has 0 aliphatic rings. The maximum Gasteiger partial charge on any atom is 0.165 e. The van der Waals surface area contributed by atoms with E-state index in [1.165, 1.54) is 0 Å². The van der Waals surface area contributed by atoms with Gasteiger partial charge in [-0.1, -0.05) is 17.7 Å². The number of pyridine rings is 1. The molecule has 0 aliphatic carbocycles. The number of benzene rings is 1. The second kappa shape index (κ2) is 5.08. The van der Waals surface area contributed by atoms with Gasteiger partial charge in [-0.2, -0.15) is 0 Å². The van der Waals surface area contributed by atoms with E-state index in [1.54, 1.807) is 0 Å². The third-order valence-electron chi connectivity index (χ3n) is 3.18. The molecule has 0 radical (unpaired) electrons. The highest BCUT2D eigenvalue weighted by molar-refractivity contribution is 6.32. The van der Waals surface area contributed by atoms with Crippen LogP contribution in [0.25, 0.3) is 16.9 Å². The summed E-state index contributed by atoms with van der Waals surface area (Å²) in [6.07, 6.45) is 0. The molecule has 3 aromatic rings. The van der Waals surface area contributed by atoms with Crippen LogP contribution in [0.15, 0.2) is 30.3 Å². The minimum absolute atomic E-state index is 0.305. The van der Waals surface area contributed by atoms with Gasteiger partial charge < -0.3 is 0 Å². The van der Waals surface area contributed by atoms with E-state index in [9.17, 15) is 0 Å². The molecule has 0 aliphatic heterocycles. The molecule has 0 atom stereocenters. The summed E-state index contributed by atoms with van der Waals surface area (Å²) < 4.78 is 1.93. The fourth-order valence-electron chi connectivity index (χ4n) is 2.23. The quantitative estimate of drug-likeness (QED) is 0.656. The Morgan fingerprint density at radius 2 is 1.90 bits per heavy atom. The number of hydrogen-bond donors (Lipinski definition) is 0. The number of nitrogens with zero attached hydrogens (tertiary/aromatic N) is 3. The van der Waals surface area contributed by atoms with Gasteiger partial charge in [-0.15, -0.1) is 11.6 Å². The van der Waals surface area contributed by atoms with Crippen LogP contribution >= 0.6 is 23.2 Å². The van der Waals surface area contributed by atoms with Crippen molar-refractivity contribution in [2.75, 3.05) is 0 Å². The molecule has 0 unspecified atom stereocenters. The Hall–Kier alpha value is -1.58. The van der Waals surface area contributed by atoms with Gasteiger partial charge in [0.05, 0.1) is 16.6 Å². The van der Waals surface area contributed by atoms with Crippen LogP contribution in [0, 0.1) is 13.8 Å². The van der Waals surface area contributed by atoms with E-state index in [2.05, 4.69) is 9.97 Å². The summed E-state index contributed by atoms with van der Waals surface area (Å²) in [4.78, 5) is 9.09. The highest BCUT2D eigenvalue weighted by Gasteiger charge is 2.15. The van der Waals surface area contributed by atoms with Crippen LogP contribution in [0.2, 0.25) is 5.02 Å². The van der Waals surface area contributed by atoms with Gasteiger partial charge in [0.25, 0.3) is 0 Å². The first-order valence-electron chi connectivity index (χ1n) is 6.27. The van der Waals surface area contributed by atoms with Crippen LogP contribution in [0.5, 0.6) is 0 Å². The van der Waals surface area contributed by atoms with Crippen molar-refractivity contribution in [1.82, 2.24) is 14.5 Å². The highest BCUT2D eigenvalue weighted by Crippen LogP contribution is 2.27. The largest absolute Gasteiger partial charge is 0.278 e. The zero-order chi connectivity index (χ0) is 14.3. The fraction of sp³-hybridized carbons (Fsp3) is 0.200. The molecule has 0 saturated carbocycles. The summed E-state index contributed by atoms with van der Waals surface area (Å²) in [5.41, 5.74) is 4.51. The van der Waals surface area contributed by atoms with Gasteiger partial charge in [0.1, 0.15) is 11.3 Å². The summed E-state index contributed by atoms with van der Waals surface area (Å²) >= 11 is 12.4. The van der Waals surface area contributed by atoms with Crippen molar-refractivity contribution in [3.8, 4) is 5.69 Å². The molecule has 3 nitrogen and oxygen atoms in total. The Labute approximate surface area is 127 Å². The van der Waals surface area contributed by atoms with Crippen LogP contribution in [0.1, 0.15) is 17.1 Å². The first-order valence-corrected chi connectivity index (χ1v) is 7.19. The average Bonchev–Trinajstić information content (AvgIpc) is 2.76. The molecular weight excluding hydrogens is 293 g/mol. The Morgan fingerprint density at radius 3 is 2.60 bits per heavy atom. The average molecular weight is 306 g/mol. The Balaban J connectivity index is 2.36. The molecule has 102 valence electrons. The predicted molar refractivity (Wildman–Crippen MR) is 82.9 cm³/mol. The lowest BCUT2D eigenvalue weighted by Gasteiger charge is -2.10. The topological polar surface area (TPSA) is 30.7 Å². The number of fused-ring (bicyclic) bond motifs is 1. The van der Waals surface area contributed by atoms with E-state index in [-0.39, 0.29) is 0 Å². The molecule has 5 heteroatoms. The Morgan fingerprint density at radius 1 is 1.10 bits per heavy atom. The monoisotopic (exact) mass is 305 g/mol.